The molecule has 0 N–H and O–H groups in total. The Labute approximate surface area is 170 Å². The number of carbonyl (C=O) groups is 1. The highest BCUT2D eigenvalue weighted by molar-refractivity contribution is 5.82. The molecular weight excluding hydrogens is 364 g/mol. The van der Waals surface area contributed by atoms with Gasteiger partial charge in [-0.05, 0) is 44.2 Å². The molecule has 1 atom stereocenters. The number of aromatic nitrogens is 3. The summed E-state index contributed by atoms with van der Waals surface area (Å²) >= 11 is 0. The maximum Gasteiger partial charge on any atom is 0.347 e. The van der Waals surface area contributed by atoms with Gasteiger partial charge in [0.2, 0.25) is 5.91 Å². The third-order valence-corrected chi connectivity index (χ3v) is 5.74. The van der Waals surface area contributed by atoms with Crippen molar-refractivity contribution in [2.45, 2.75) is 45.6 Å². The van der Waals surface area contributed by atoms with Gasteiger partial charge in [-0.1, -0.05) is 24.3 Å². The fourth-order valence-electron chi connectivity index (χ4n) is 4.18. The van der Waals surface area contributed by atoms with Crippen LogP contribution in [0.15, 0.2) is 47.4 Å². The van der Waals surface area contributed by atoms with E-state index in [1.54, 1.807) is 11.5 Å². The zero-order valence-electron chi connectivity index (χ0n) is 17.0. The molecule has 4 rings (SSSR count). The number of benzene rings is 1. The molecule has 1 saturated heterocycles. The van der Waals surface area contributed by atoms with Crippen LogP contribution in [0.5, 0.6) is 0 Å². The van der Waals surface area contributed by atoms with Crippen LogP contribution in [0.4, 0.5) is 0 Å². The first-order valence-corrected chi connectivity index (χ1v) is 10.2. The van der Waals surface area contributed by atoms with Crippen LogP contribution < -0.4 is 5.69 Å². The summed E-state index contributed by atoms with van der Waals surface area (Å²) in [4.78, 5) is 35.5. The average Bonchev–Trinajstić information content (AvgIpc) is 2.72. The van der Waals surface area contributed by atoms with E-state index in [4.69, 9.17) is 0 Å². The van der Waals surface area contributed by atoms with Crippen LogP contribution in [0.1, 0.15) is 42.3 Å². The smallest absolute Gasteiger partial charge is 0.342 e. The Morgan fingerprint density at radius 2 is 1.97 bits per heavy atom. The zero-order chi connectivity index (χ0) is 20.4. The lowest BCUT2D eigenvalue weighted by atomic mass is 9.93. The molecule has 2 aromatic heterocycles. The van der Waals surface area contributed by atoms with Gasteiger partial charge < -0.3 is 4.90 Å². The van der Waals surface area contributed by atoms with Crippen molar-refractivity contribution in [2.75, 3.05) is 13.1 Å². The third-order valence-electron chi connectivity index (χ3n) is 5.74. The highest BCUT2D eigenvalue weighted by Gasteiger charge is 2.25. The zero-order valence-corrected chi connectivity index (χ0v) is 17.0. The van der Waals surface area contributed by atoms with Crippen LogP contribution in [0.25, 0.3) is 10.8 Å². The standard InChI is InChI=1S/C23H26N4O2/c1-16-12-17(2)27(23(29)25-16)11-9-22(28)26-10-5-8-20(15-26)21-13-18-6-3-4-7-19(18)14-24-21/h3-4,6-7,12-14,20H,5,8-11,15H2,1-2H3. The van der Waals surface area contributed by atoms with E-state index in [0.717, 1.165) is 36.2 Å². The number of piperidine rings is 1. The largest absolute Gasteiger partial charge is 0.347 e. The van der Waals surface area contributed by atoms with E-state index in [0.29, 0.717) is 25.2 Å². The summed E-state index contributed by atoms with van der Waals surface area (Å²) in [5.74, 6) is 0.338. The summed E-state index contributed by atoms with van der Waals surface area (Å²) in [6, 6.07) is 12.2. The second kappa shape index (κ2) is 8.15. The fourth-order valence-corrected chi connectivity index (χ4v) is 4.18. The van der Waals surface area contributed by atoms with Crippen LogP contribution in [-0.4, -0.2) is 38.4 Å². The Hall–Kier alpha value is -3.02. The van der Waals surface area contributed by atoms with E-state index in [1.165, 1.54) is 5.39 Å². The molecule has 150 valence electrons. The van der Waals surface area contributed by atoms with E-state index in [9.17, 15) is 9.59 Å². The molecule has 1 unspecified atom stereocenters. The number of aryl methyl sites for hydroxylation is 2. The van der Waals surface area contributed by atoms with Crippen LogP contribution in [0.3, 0.4) is 0 Å². The van der Waals surface area contributed by atoms with Gasteiger partial charge in [0.1, 0.15) is 0 Å². The quantitative estimate of drug-likeness (QED) is 0.686. The first kappa shape index (κ1) is 19.3. The SMILES string of the molecule is Cc1cc(C)n(CCC(=O)N2CCCC(c3cc4ccccc4cn3)C2)c(=O)n1. The summed E-state index contributed by atoms with van der Waals surface area (Å²) in [5.41, 5.74) is 2.31. The topological polar surface area (TPSA) is 68.1 Å². The molecule has 6 nitrogen and oxygen atoms in total. The van der Waals surface area contributed by atoms with Gasteiger partial charge in [0.15, 0.2) is 0 Å². The number of rotatable bonds is 4. The maximum absolute atomic E-state index is 12.8. The minimum atomic E-state index is -0.285. The molecule has 1 amide bonds. The van der Waals surface area contributed by atoms with Crippen LogP contribution in [0, 0.1) is 13.8 Å². The first-order valence-electron chi connectivity index (χ1n) is 10.2. The number of hydrogen-bond acceptors (Lipinski definition) is 4. The lowest BCUT2D eigenvalue weighted by Crippen LogP contribution is -2.40. The molecule has 0 radical (unpaired) electrons. The van der Waals surface area contributed by atoms with Crippen LogP contribution in [-0.2, 0) is 11.3 Å². The molecule has 1 aliphatic rings. The fraction of sp³-hybridized carbons (Fsp3) is 0.391. The Balaban J connectivity index is 1.43. The Morgan fingerprint density at radius 1 is 1.17 bits per heavy atom. The maximum atomic E-state index is 12.8. The Bertz CT molecular complexity index is 1110. The average molecular weight is 390 g/mol. The summed E-state index contributed by atoms with van der Waals surface area (Å²) in [7, 11) is 0. The van der Waals surface area contributed by atoms with E-state index in [2.05, 4.69) is 28.2 Å². The normalized spacial score (nSPS) is 16.9. The third kappa shape index (κ3) is 4.21. The molecule has 1 aromatic carbocycles. The molecule has 3 aromatic rings. The van der Waals surface area contributed by atoms with Crippen LogP contribution >= 0.6 is 0 Å². The molecule has 6 heteroatoms. The molecule has 0 bridgehead atoms. The summed E-state index contributed by atoms with van der Waals surface area (Å²) in [6.07, 6.45) is 4.24. The predicted molar refractivity (Wildman–Crippen MR) is 113 cm³/mol. The molecule has 29 heavy (non-hydrogen) atoms. The number of pyridine rings is 1. The Kier molecular flexibility index (Phi) is 5.43. The lowest BCUT2D eigenvalue weighted by molar-refractivity contribution is -0.132. The number of carbonyl (C=O) groups excluding carboxylic acids is 1. The minimum Gasteiger partial charge on any atom is -0.342 e. The van der Waals surface area contributed by atoms with Crippen LogP contribution in [0.2, 0.25) is 0 Å². The highest BCUT2D eigenvalue weighted by atomic mass is 16.2. The van der Waals surface area contributed by atoms with Gasteiger partial charge in [-0.3, -0.25) is 14.3 Å². The molecule has 3 heterocycles. The van der Waals surface area contributed by atoms with E-state index >= 15 is 0 Å². The van der Waals surface area contributed by atoms with Gasteiger partial charge in [0.05, 0.1) is 0 Å². The number of amides is 1. The van der Waals surface area contributed by atoms with Gasteiger partial charge in [-0.15, -0.1) is 0 Å². The number of nitrogens with zero attached hydrogens (tertiary/aromatic N) is 4. The summed E-state index contributed by atoms with van der Waals surface area (Å²) < 4.78 is 1.58. The summed E-state index contributed by atoms with van der Waals surface area (Å²) in [6.45, 7) is 5.50. The first-order chi connectivity index (χ1) is 14.0. The van der Waals surface area contributed by atoms with E-state index < -0.39 is 0 Å². The van der Waals surface area contributed by atoms with E-state index in [1.807, 2.05) is 36.2 Å². The van der Waals surface area contributed by atoms with Crippen molar-refractivity contribution in [1.29, 1.82) is 0 Å². The van der Waals surface area contributed by atoms with Gasteiger partial charge in [0, 0.05) is 60.6 Å². The Morgan fingerprint density at radius 3 is 2.76 bits per heavy atom. The monoisotopic (exact) mass is 390 g/mol. The van der Waals surface area contributed by atoms with Gasteiger partial charge in [-0.2, -0.15) is 4.98 Å². The van der Waals surface area contributed by atoms with Gasteiger partial charge in [0.25, 0.3) is 0 Å². The highest BCUT2D eigenvalue weighted by Crippen LogP contribution is 2.28. The van der Waals surface area contributed by atoms with Crippen molar-refractivity contribution in [2.24, 2.45) is 0 Å². The number of likely N-dealkylation sites (tertiary alicyclic amines) is 1. The second-order valence-corrected chi connectivity index (χ2v) is 7.86. The molecule has 1 fully saturated rings. The molecule has 0 aliphatic carbocycles. The number of fused-ring (bicyclic) bond motifs is 1. The second-order valence-electron chi connectivity index (χ2n) is 7.86. The predicted octanol–water partition coefficient (Wildman–Crippen LogP) is 3.20. The van der Waals surface area contributed by atoms with Gasteiger partial charge in [-0.25, -0.2) is 4.79 Å². The van der Waals surface area contributed by atoms with Crippen molar-refractivity contribution in [1.82, 2.24) is 19.4 Å². The summed E-state index contributed by atoms with van der Waals surface area (Å²) in [5, 5.41) is 2.31. The molecule has 0 spiro atoms. The molecular formula is C23H26N4O2. The molecule has 0 saturated carbocycles. The minimum absolute atomic E-state index is 0.0855. The van der Waals surface area contributed by atoms with Crippen molar-refractivity contribution >= 4 is 16.7 Å². The van der Waals surface area contributed by atoms with Crippen molar-refractivity contribution < 1.29 is 4.79 Å². The van der Waals surface area contributed by atoms with E-state index in [-0.39, 0.29) is 17.5 Å². The number of hydrogen-bond donors (Lipinski definition) is 0. The van der Waals surface area contributed by atoms with Gasteiger partial charge >= 0.3 is 5.69 Å². The van der Waals surface area contributed by atoms with Crippen molar-refractivity contribution in [3.63, 3.8) is 0 Å². The van der Waals surface area contributed by atoms with Crippen molar-refractivity contribution in [3.8, 4) is 0 Å². The van der Waals surface area contributed by atoms with Crippen molar-refractivity contribution in [3.05, 3.63) is 70.2 Å². The lowest BCUT2D eigenvalue weighted by Gasteiger charge is -2.32. The molecule has 1 aliphatic heterocycles.